The van der Waals surface area contributed by atoms with Crippen LogP contribution in [-0.4, -0.2) is 70.8 Å². The van der Waals surface area contributed by atoms with Gasteiger partial charge in [-0.1, -0.05) is 0 Å². The van der Waals surface area contributed by atoms with Gasteiger partial charge in [-0.05, 0) is 25.4 Å². The van der Waals surface area contributed by atoms with Crippen LogP contribution in [0.15, 0.2) is 59.0 Å². The van der Waals surface area contributed by atoms with Gasteiger partial charge < -0.3 is 10.1 Å². The summed E-state index contributed by atoms with van der Waals surface area (Å²) < 4.78 is 35.9. The van der Waals surface area contributed by atoms with E-state index in [4.69, 9.17) is 0 Å². The summed E-state index contributed by atoms with van der Waals surface area (Å²) >= 11 is 4.18. The number of sulfone groups is 1. The molecule has 0 unspecified atom stereocenters. The number of hydrogen-bond acceptors (Lipinski definition) is 15. The molecule has 0 aliphatic heterocycles. The molecule has 0 aliphatic rings. The first-order valence-electron chi connectivity index (χ1n) is 12.6. The van der Waals surface area contributed by atoms with Crippen LogP contribution in [0, 0.1) is 13.8 Å². The second kappa shape index (κ2) is 11.8. The second-order valence-electron chi connectivity index (χ2n) is 9.23. The van der Waals surface area contributed by atoms with Gasteiger partial charge in [0.25, 0.3) is 0 Å². The summed E-state index contributed by atoms with van der Waals surface area (Å²) in [6.45, 7) is 3.66. The molecule has 0 radical (unpaired) electrons. The number of carbonyl (C=O) groups excluding carboxylic acids is 1. The van der Waals surface area contributed by atoms with Crippen molar-refractivity contribution in [2.45, 2.75) is 18.9 Å². The van der Waals surface area contributed by atoms with Crippen molar-refractivity contribution >= 4 is 72.1 Å². The fraction of sp³-hybridized carbons (Fsp3) is 0.154. The lowest BCUT2D eigenvalue weighted by atomic mass is 10.4. The molecule has 0 fully saturated rings. The fourth-order valence-corrected chi connectivity index (χ4v) is 6.90. The lowest BCUT2D eigenvalue weighted by Gasteiger charge is -2.07. The number of imidazole rings is 2. The Hall–Kier alpha value is -4.65. The monoisotopic (exact) mass is 666 g/mol. The first kappa shape index (κ1) is 29.4. The molecule has 18 heteroatoms. The molecule has 0 spiro atoms. The summed E-state index contributed by atoms with van der Waals surface area (Å²) in [6, 6.07) is 1.63. The number of nitrogens with zero attached hydrogens (tertiary/aromatic N) is 9. The summed E-state index contributed by atoms with van der Waals surface area (Å²) in [4.78, 5) is 37.3. The number of nitrogens with one attached hydrogen (secondary N) is 1. The van der Waals surface area contributed by atoms with E-state index in [1.165, 1.54) is 18.4 Å². The van der Waals surface area contributed by atoms with Crippen molar-refractivity contribution < 1.29 is 17.9 Å². The molecule has 224 valence electrons. The van der Waals surface area contributed by atoms with Crippen molar-refractivity contribution in [3.05, 3.63) is 71.1 Å². The minimum absolute atomic E-state index is 0.00435. The maximum atomic E-state index is 11.8. The summed E-state index contributed by atoms with van der Waals surface area (Å²) in [7, 11) is -2.09. The highest BCUT2D eigenvalue weighted by Crippen LogP contribution is 2.29. The average molecular weight is 667 g/mol. The van der Waals surface area contributed by atoms with Crippen LogP contribution in [0.5, 0.6) is 0 Å². The summed E-state index contributed by atoms with van der Waals surface area (Å²) in [5, 5.41) is 9.32. The zero-order valence-electron chi connectivity index (χ0n) is 23.5. The Bertz CT molecular complexity index is 2220. The number of thiazole rings is 2. The lowest BCUT2D eigenvalue weighted by Crippen LogP contribution is -2.06. The molecule has 0 aromatic carbocycles. The minimum atomic E-state index is -3.42. The predicted molar refractivity (Wildman–Crippen MR) is 168 cm³/mol. The number of hydrogen-bond donors (Lipinski definition) is 1. The summed E-state index contributed by atoms with van der Waals surface area (Å²) in [6.07, 6.45) is 11.7. The number of aryl methyl sites for hydroxylation is 2. The van der Waals surface area contributed by atoms with Crippen LogP contribution in [0.1, 0.15) is 21.9 Å². The molecule has 0 atom stereocenters. The van der Waals surface area contributed by atoms with Crippen LogP contribution in [0.3, 0.4) is 0 Å². The van der Waals surface area contributed by atoms with E-state index in [0.29, 0.717) is 27.8 Å². The minimum Gasteiger partial charge on any atom is -0.464 e. The third-order valence-electron chi connectivity index (χ3n) is 6.00. The molecule has 1 N–H and O–H groups in total. The van der Waals surface area contributed by atoms with Gasteiger partial charge in [0.15, 0.2) is 37.7 Å². The van der Waals surface area contributed by atoms with E-state index in [2.05, 4.69) is 44.3 Å². The van der Waals surface area contributed by atoms with E-state index in [1.807, 2.05) is 28.3 Å². The molecule has 0 saturated carbocycles. The molecule has 0 amide bonds. The van der Waals surface area contributed by atoms with Crippen molar-refractivity contribution in [1.29, 1.82) is 0 Å². The third kappa shape index (κ3) is 5.79. The van der Waals surface area contributed by atoms with Gasteiger partial charge in [-0.15, -0.1) is 22.7 Å². The maximum absolute atomic E-state index is 11.8. The van der Waals surface area contributed by atoms with Gasteiger partial charge in [0.1, 0.15) is 26.4 Å². The van der Waals surface area contributed by atoms with E-state index >= 15 is 0 Å². The molecule has 7 aromatic rings. The Morgan fingerprint density at radius 1 is 0.886 bits per heavy atom. The first-order valence-corrected chi connectivity index (χ1v) is 17.1. The van der Waals surface area contributed by atoms with Gasteiger partial charge in [-0.2, -0.15) is 4.37 Å². The van der Waals surface area contributed by atoms with Crippen LogP contribution < -0.4 is 5.32 Å². The molecule has 14 nitrogen and oxygen atoms in total. The normalized spacial score (nSPS) is 11.5. The molecular formula is C26H22N10O4S4. The van der Waals surface area contributed by atoms with Crippen molar-refractivity contribution in [2.24, 2.45) is 0 Å². The Morgan fingerprint density at radius 3 is 2.05 bits per heavy atom. The van der Waals surface area contributed by atoms with Gasteiger partial charge >= 0.3 is 5.97 Å². The summed E-state index contributed by atoms with van der Waals surface area (Å²) in [5.41, 5.74) is 4.36. The SMILES string of the molecule is COC(=O)c1cc(Nc2nc(C)cn3c(-c4nccs4)cnc23)sn1.Cc1cn2c(-c3nccs3)cnc2c(S(C)(=O)=O)n1. The highest BCUT2D eigenvalue weighted by atomic mass is 32.2. The van der Waals surface area contributed by atoms with Crippen molar-refractivity contribution in [3.8, 4) is 21.4 Å². The first-order chi connectivity index (χ1) is 21.1. The van der Waals surface area contributed by atoms with Crippen molar-refractivity contribution in [2.75, 3.05) is 18.7 Å². The fourth-order valence-electron chi connectivity index (χ4n) is 4.18. The number of carbonyl (C=O) groups is 1. The Balaban J connectivity index is 0.000000162. The largest absolute Gasteiger partial charge is 0.464 e. The van der Waals surface area contributed by atoms with Gasteiger partial charge in [0, 0.05) is 47.9 Å². The Labute approximate surface area is 262 Å². The lowest BCUT2D eigenvalue weighted by molar-refractivity contribution is 0.0595. The number of aromatic nitrogens is 9. The van der Waals surface area contributed by atoms with E-state index in [-0.39, 0.29) is 10.7 Å². The second-order valence-corrected chi connectivity index (χ2v) is 13.8. The zero-order valence-corrected chi connectivity index (χ0v) is 26.8. The smallest absolute Gasteiger partial charge is 0.357 e. The van der Waals surface area contributed by atoms with E-state index < -0.39 is 15.8 Å². The molecule has 0 aliphatic carbocycles. The van der Waals surface area contributed by atoms with Gasteiger partial charge in [-0.3, -0.25) is 8.80 Å². The molecule has 0 saturated heterocycles. The average Bonchev–Trinajstić information content (AvgIpc) is 3.81. The van der Waals surface area contributed by atoms with Crippen molar-refractivity contribution in [3.63, 3.8) is 0 Å². The number of anilines is 2. The van der Waals surface area contributed by atoms with Gasteiger partial charge in [0.2, 0.25) is 0 Å². The molecule has 7 rings (SSSR count). The van der Waals surface area contributed by atoms with E-state index in [9.17, 15) is 13.2 Å². The predicted octanol–water partition coefficient (Wildman–Crippen LogP) is 4.71. The number of methoxy groups -OCH3 is 1. The number of fused-ring (bicyclic) bond motifs is 2. The molecule has 0 bridgehead atoms. The highest BCUT2D eigenvalue weighted by molar-refractivity contribution is 7.90. The van der Waals surface area contributed by atoms with Crippen LogP contribution in [-0.2, 0) is 14.6 Å². The topological polar surface area (TPSA) is 172 Å². The molecular weight excluding hydrogens is 645 g/mol. The van der Waals surface area contributed by atoms with Gasteiger partial charge in [-0.25, -0.2) is 43.1 Å². The van der Waals surface area contributed by atoms with Crippen LogP contribution in [0.2, 0.25) is 0 Å². The molecule has 7 heterocycles. The number of esters is 1. The summed E-state index contributed by atoms with van der Waals surface area (Å²) in [5.74, 6) is 0.112. The quantitative estimate of drug-likeness (QED) is 0.243. The highest BCUT2D eigenvalue weighted by Gasteiger charge is 2.20. The van der Waals surface area contributed by atoms with Crippen LogP contribution in [0.4, 0.5) is 10.8 Å². The van der Waals surface area contributed by atoms with E-state index in [1.54, 1.807) is 59.7 Å². The van der Waals surface area contributed by atoms with Crippen molar-refractivity contribution in [1.82, 2.24) is 43.1 Å². The number of ether oxygens (including phenoxy) is 1. The Morgan fingerprint density at radius 2 is 1.48 bits per heavy atom. The maximum Gasteiger partial charge on any atom is 0.357 e. The standard InChI is InChI=1S/C15H12N6O2S2.C11H10N4O2S2/c1-8-7-21-10(14-16-3-4-24-14)6-17-13(21)12(18-8)19-11-5-9(20-25-11)15(22)23-2;1-7-6-15-8(10-12-3-4-18-10)5-13-9(15)11(14-7)19(2,16)17/h3-7H,1-2H3,(H,18,19);3-6H,1-2H3. The zero-order chi connectivity index (χ0) is 31.0. The van der Waals surface area contributed by atoms with E-state index in [0.717, 1.165) is 44.9 Å². The number of rotatable bonds is 6. The van der Waals surface area contributed by atoms with Crippen LogP contribution in [0.25, 0.3) is 32.7 Å². The van der Waals surface area contributed by atoms with Gasteiger partial charge in [0.05, 0.1) is 30.9 Å². The molecule has 44 heavy (non-hydrogen) atoms. The Kier molecular flexibility index (Phi) is 7.89. The third-order valence-corrected chi connectivity index (χ3v) is 9.27. The molecule has 7 aromatic heterocycles. The van der Waals surface area contributed by atoms with Crippen LogP contribution >= 0.6 is 34.2 Å².